The van der Waals surface area contributed by atoms with E-state index < -0.39 is 31.1 Å². The van der Waals surface area contributed by atoms with Gasteiger partial charge in [-0.3, -0.25) is 4.79 Å². The second-order valence-corrected chi connectivity index (χ2v) is 9.47. The van der Waals surface area contributed by atoms with Crippen LogP contribution in [0.2, 0.25) is 0 Å². The first-order valence-electron chi connectivity index (χ1n) is 6.57. The third-order valence-corrected chi connectivity index (χ3v) is 7.19. The summed E-state index contributed by atoms with van der Waals surface area (Å²) in [7, 11) is -6.68. The van der Waals surface area contributed by atoms with Gasteiger partial charge in [-0.15, -0.1) is 0 Å². The molecule has 0 aromatic rings. The van der Waals surface area contributed by atoms with E-state index in [0.717, 1.165) is 0 Å². The highest BCUT2D eigenvalue weighted by Crippen LogP contribution is 2.19. The van der Waals surface area contributed by atoms with Crippen LogP contribution in [0.5, 0.6) is 0 Å². The Bertz CT molecular complexity index is 525. The second kappa shape index (κ2) is 6.86. The highest BCUT2D eigenvalue weighted by atomic mass is 32.2. The average molecular weight is 327 g/mol. The Morgan fingerprint density at radius 2 is 1.90 bits per heavy atom. The van der Waals surface area contributed by atoms with Crippen LogP contribution in [0.4, 0.5) is 0 Å². The van der Waals surface area contributed by atoms with Gasteiger partial charge in [0.15, 0.2) is 0 Å². The van der Waals surface area contributed by atoms with Gasteiger partial charge in [0.1, 0.15) is 9.84 Å². The molecule has 0 aromatic heterocycles. The van der Waals surface area contributed by atoms with Crippen LogP contribution in [0.1, 0.15) is 32.6 Å². The largest absolute Gasteiger partial charge is 0.481 e. The van der Waals surface area contributed by atoms with Crippen molar-refractivity contribution in [2.45, 2.75) is 37.9 Å². The molecule has 0 saturated carbocycles. The topological polar surface area (TPSA) is 118 Å². The molecule has 2 N–H and O–H groups in total. The van der Waals surface area contributed by atoms with Gasteiger partial charge >= 0.3 is 5.97 Å². The first-order valence-corrected chi connectivity index (χ1v) is 9.93. The molecule has 1 aliphatic rings. The lowest BCUT2D eigenvalue weighted by molar-refractivity contribution is -0.138. The quantitative estimate of drug-likeness (QED) is 0.679. The number of sulfone groups is 1. The van der Waals surface area contributed by atoms with E-state index in [1.807, 2.05) is 0 Å². The highest BCUT2D eigenvalue weighted by Gasteiger charge is 2.32. The maximum absolute atomic E-state index is 12.0. The summed E-state index contributed by atoms with van der Waals surface area (Å²) in [4.78, 5) is 10.6. The Kier molecular flexibility index (Phi) is 5.96. The van der Waals surface area contributed by atoms with Crippen LogP contribution in [0.25, 0.3) is 0 Å². The molecule has 0 radical (unpaired) electrons. The van der Waals surface area contributed by atoms with Crippen LogP contribution in [-0.2, 0) is 24.7 Å². The van der Waals surface area contributed by atoms with Crippen LogP contribution in [0.3, 0.4) is 0 Å². The zero-order chi connectivity index (χ0) is 15.4. The lowest BCUT2D eigenvalue weighted by Gasteiger charge is -2.23. The first-order chi connectivity index (χ1) is 9.16. The zero-order valence-electron chi connectivity index (χ0n) is 11.4. The molecule has 1 unspecified atom stereocenters. The van der Waals surface area contributed by atoms with E-state index in [4.69, 9.17) is 5.11 Å². The van der Waals surface area contributed by atoms with E-state index in [1.165, 1.54) is 0 Å². The molecule has 1 saturated heterocycles. The molecule has 118 valence electrons. The summed E-state index contributed by atoms with van der Waals surface area (Å²) in [6.45, 7) is 1.88. The van der Waals surface area contributed by atoms with Gasteiger partial charge in [0.25, 0.3) is 0 Å². The summed E-state index contributed by atoms with van der Waals surface area (Å²) >= 11 is 0. The minimum atomic E-state index is -3.58. The van der Waals surface area contributed by atoms with Crippen molar-refractivity contribution in [2.75, 3.05) is 18.1 Å². The normalized spacial score (nSPS) is 21.4. The fourth-order valence-corrected chi connectivity index (χ4v) is 5.49. The summed E-state index contributed by atoms with van der Waals surface area (Å²) in [5, 5.41) is 8.01. The van der Waals surface area contributed by atoms with Crippen LogP contribution < -0.4 is 4.72 Å². The summed E-state index contributed by atoms with van der Waals surface area (Å²) in [5.41, 5.74) is 0. The van der Waals surface area contributed by atoms with Gasteiger partial charge < -0.3 is 5.11 Å². The standard InChI is InChI=1S/C11H21NO6S2/c1-2-9(7-11(13)14)8-12-20(17,18)10-3-5-19(15,16)6-4-10/h9-10,12H,2-8H2,1H3,(H,13,14). The number of aliphatic carboxylic acids is 1. The first kappa shape index (κ1) is 17.4. The molecular weight excluding hydrogens is 306 g/mol. The molecular formula is C11H21NO6S2. The fourth-order valence-electron chi connectivity index (χ4n) is 2.14. The Morgan fingerprint density at radius 1 is 1.35 bits per heavy atom. The predicted molar refractivity (Wildman–Crippen MR) is 74.6 cm³/mol. The molecule has 0 amide bonds. The number of carboxylic acids is 1. The van der Waals surface area contributed by atoms with Crippen molar-refractivity contribution in [2.24, 2.45) is 5.92 Å². The number of nitrogens with one attached hydrogen (secondary N) is 1. The van der Waals surface area contributed by atoms with Gasteiger partial charge in [-0.25, -0.2) is 21.6 Å². The number of carbonyl (C=O) groups is 1. The van der Waals surface area contributed by atoms with Crippen molar-refractivity contribution in [1.29, 1.82) is 0 Å². The maximum atomic E-state index is 12.0. The second-order valence-electron chi connectivity index (χ2n) is 5.12. The molecule has 1 rings (SSSR count). The van der Waals surface area contributed by atoms with E-state index in [1.54, 1.807) is 6.92 Å². The summed E-state index contributed by atoms with van der Waals surface area (Å²) in [6, 6.07) is 0. The minimum Gasteiger partial charge on any atom is -0.481 e. The molecule has 7 nitrogen and oxygen atoms in total. The molecule has 20 heavy (non-hydrogen) atoms. The van der Waals surface area contributed by atoms with E-state index in [2.05, 4.69) is 4.72 Å². The van der Waals surface area contributed by atoms with Crippen molar-refractivity contribution >= 4 is 25.8 Å². The predicted octanol–water partition coefficient (Wildman–Crippen LogP) is -0.0161. The molecule has 1 atom stereocenters. The van der Waals surface area contributed by atoms with Crippen molar-refractivity contribution < 1.29 is 26.7 Å². The molecule has 9 heteroatoms. The zero-order valence-corrected chi connectivity index (χ0v) is 13.0. The average Bonchev–Trinajstić information content (AvgIpc) is 2.33. The molecule has 1 fully saturated rings. The van der Waals surface area contributed by atoms with E-state index in [9.17, 15) is 21.6 Å². The van der Waals surface area contributed by atoms with E-state index in [0.29, 0.717) is 6.42 Å². The van der Waals surface area contributed by atoms with Crippen molar-refractivity contribution in [3.05, 3.63) is 0 Å². The molecule has 0 aliphatic carbocycles. The molecule has 0 bridgehead atoms. The molecule has 0 aromatic carbocycles. The number of rotatable bonds is 7. The van der Waals surface area contributed by atoms with Gasteiger partial charge in [-0.05, 0) is 18.8 Å². The molecule has 1 aliphatic heterocycles. The van der Waals surface area contributed by atoms with Crippen LogP contribution in [0, 0.1) is 5.92 Å². The highest BCUT2D eigenvalue weighted by molar-refractivity contribution is 7.92. The minimum absolute atomic E-state index is 0.0778. The van der Waals surface area contributed by atoms with Crippen molar-refractivity contribution in [3.8, 4) is 0 Å². The van der Waals surface area contributed by atoms with E-state index in [-0.39, 0.29) is 43.2 Å². The fraction of sp³-hybridized carbons (Fsp3) is 0.909. The van der Waals surface area contributed by atoms with Gasteiger partial charge in [0.05, 0.1) is 16.8 Å². The van der Waals surface area contributed by atoms with Crippen molar-refractivity contribution in [1.82, 2.24) is 4.72 Å². The number of sulfonamides is 1. The van der Waals surface area contributed by atoms with Crippen molar-refractivity contribution in [3.63, 3.8) is 0 Å². The molecule has 1 heterocycles. The Morgan fingerprint density at radius 3 is 2.35 bits per heavy atom. The smallest absolute Gasteiger partial charge is 0.303 e. The molecule has 0 spiro atoms. The number of hydrogen-bond donors (Lipinski definition) is 2. The Labute approximate surface area is 119 Å². The maximum Gasteiger partial charge on any atom is 0.303 e. The van der Waals surface area contributed by atoms with E-state index >= 15 is 0 Å². The van der Waals surface area contributed by atoms with Gasteiger partial charge in [-0.1, -0.05) is 13.3 Å². The lowest BCUT2D eigenvalue weighted by Crippen LogP contribution is -2.41. The van der Waals surface area contributed by atoms with Gasteiger partial charge in [0.2, 0.25) is 10.0 Å². The van der Waals surface area contributed by atoms with Crippen LogP contribution in [0.15, 0.2) is 0 Å². The monoisotopic (exact) mass is 327 g/mol. The van der Waals surface area contributed by atoms with Crippen LogP contribution >= 0.6 is 0 Å². The lowest BCUT2D eigenvalue weighted by atomic mass is 10.0. The third-order valence-electron chi connectivity index (χ3n) is 3.55. The Balaban J connectivity index is 2.55. The summed E-state index contributed by atoms with van der Waals surface area (Å²) < 4.78 is 49.1. The number of carboxylic acid groups (broad SMARTS) is 1. The Hall–Kier alpha value is -0.670. The summed E-state index contributed by atoms with van der Waals surface area (Å²) in [6.07, 6.45) is 0.687. The SMILES string of the molecule is CCC(CNS(=O)(=O)C1CCS(=O)(=O)CC1)CC(=O)O. The van der Waals surface area contributed by atoms with Gasteiger partial charge in [-0.2, -0.15) is 0 Å². The third kappa shape index (κ3) is 5.37. The van der Waals surface area contributed by atoms with Crippen LogP contribution in [-0.4, -0.2) is 51.2 Å². The summed E-state index contributed by atoms with van der Waals surface area (Å²) in [5.74, 6) is -1.43. The van der Waals surface area contributed by atoms with Gasteiger partial charge in [0, 0.05) is 13.0 Å². The number of hydrogen-bond acceptors (Lipinski definition) is 5.